The molecule has 3 aromatic rings. The van der Waals surface area contributed by atoms with Gasteiger partial charge in [0.2, 0.25) is 0 Å². The van der Waals surface area contributed by atoms with Crippen molar-refractivity contribution in [1.29, 1.82) is 0 Å². The number of nitrogens with zero attached hydrogens (tertiary/aromatic N) is 2. The summed E-state index contributed by atoms with van der Waals surface area (Å²) >= 11 is 5.90. The first kappa shape index (κ1) is 15.8. The van der Waals surface area contributed by atoms with Crippen LogP contribution < -0.4 is 5.43 Å². The van der Waals surface area contributed by atoms with Crippen LogP contribution in [0.1, 0.15) is 15.9 Å². The number of aromatic carboxylic acids is 1. The summed E-state index contributed by atoms with van der Waals surface area (Å²) in [6.07, 6.45) is 3.31. The number of carbonyl (C=O) groups is 1. The Kier molecular flexibility index (Phi) is 4.58. The first-order valence-electron chi connectivity index (χ1n) is 7.05. The quantitative estimate of drug-likeness (QED) is 0.485. The summed E-state index contributed by atoms with van der Waals surface area (Å²) in [5.41, 5.74) is 6.36. The van der Waals surface area contributed by atoms with E-state index in [0.29, 0.717) is 10.7 Å². The Morgan fingerprint density at radius 2 is 1.88 bits per heavy atom. The normalized spacial score (nSPS) is 10.9. The topological polar surface area (TPSA) is 90.4 Å². The highest BCUT2D eigenvalue weighted by Gasteiger charge is 2.06. The number of anilines is 1. The van der Waals surface area contributed by atoms with Crippen molar-refractivity contribution in [3.63, 3.8) is 0 Å². The number of aromatic nitrogens is 2. The molecule has 120 valence electrons. The Hall–Kier alpha value is -3.12. The number of H-pyrrole nitrogens is 1. The number of hydrazone groups is 1. The number of carboxylic acids is 1. The van der Waals surface area contributed by atoms with Crippen LogP contribution in [0.3, 0.4) is 0 Å². The largest absolute Gasteiger partial charge is 0.478 e. The number of aromatic amines is 1. The van der Waals surface area contributed by atoms with Crippen molar-refractivity contribution in [2.45, 2.75) is 0 Å². The van der Waals surface area contributed by atoms with Gasteiger partial charge in [0, 0.05) is 16.1 Å². The Bertz CT molecular complexity index is 870. The summed E-state index contributed by atoms with van der Waals surface area (Å²) in [5, 5.41) is 20.7. The molecule has 0 saturated heterocycles. The van der Waals surface area contributed by atoms with Crippen LogP contribution in [0.25, 0.3) is 11.3 Å². The summed E-state index contributed by atoms with van der Waals surface area (Å²) in [4.78, 5) is 10.8. The average molecular weight is 341 g/mol. The maximum atomic E-state index is 10.8. The first-order valence-corrected chi connectivity index (χ1v) is 7.43. The van der Waals surface area contributed by atoms with Crippen LogP contribution in [0.5, 0.6) is 0 Å². The lowest BCUT2D eigenvalue weighted by molar-refractivity contribution is 0.0697. The molecule has 0 bridgehead atoms. The molecule has 0 fully saturated rings. The Morgan fingerprint density at radius 1 is 1.17 bits per heavy atom. The maximum absolute atomic E-state index is 10.8. The van der Waals surface area contributed by atoms with Crippen LogP contribution in [0.15, 0.2) is 59.8 Å². The van der Waals surface area contributed by atoms with Crippen LogP contribution >= 0.6 is 11.6 Å². The molecule has 3 rings (SSSR count). The maximum Gasteiger partial charge on any atom is 0.335 e. The van der Waals surface area contributed by atoms with E-state index in [9.17, 15) is 4.79 Å². The van der Waals surface area contributed by atoms with E-state index in [-0.39, 0.29) is 5.56 Å². The van der Waals surface area contributed by atoms with Gasteiger partial charge in [-0.25, -0.2) is 4.79 Å². The Morgan fingerprint density at radius 3 is 2.54 bits per heavy atom. The van der Waals surface area contributed by atoms with Gasteiger partial charge in [0.15, 0.2) is 0 Å². The van der Waals surface area contributed by atoms with Crippen molar-refractivity contribution in [3.05, 3.63) is 70.9 Å². The summed E-state index contributed by atoms with van der Waals surface area (Å²) in [5.74, 6) is -0.962. The SMILES string of the molecule is O=C(O)c1ccc(N/N=C/c2cn[nH]c2-c2ccc(Cl)cc2)cc1. The van der Waals surface area contributed by atoms with E-state index in [2.05, 4.69) is 20.7 Å². The average Bonchev–Trinajstić information content (AvgIpc) is 3.04. The lowest BCUT2D eigenvalue weighted by Gasteiger charge is -2.02. The van der Waals surface area contributed by atoms with Crippen LogP contribution in [0.4, 0.5) is 5.69 Å². The third-order valence-electron chi connectivity index (χ3n) is 3.33. The molecule has 1 aromatic heterocycles. The van der Waals surface area contributed by atoms with Gasteiger partial charge in [-0.05, 0) is 36.4 Å². The Balaban J connectivity index is 1.72. The van der Waals surface area contributed by atoms with Crippen LogP contribution in [-0.2, 0) is 0 Å². The summed E-state index contributed by atoms with van der Waals surface area (Å²) in [6, 6.07) is 13.7. The molecule has 6 nitrogen and oxygen atoms in total. The molecule has 24 heavy (non-hydrogen) atoms. The molecule has 0 amide bonds. The minimum atomic E-state index is -0.962. The van der Waals surface area contributed by atoms with Gasteiger partial charge in [-0.3, -0.25) is 10.5 Å². The van der Waals surface area contributed by atoms with E-state index in [1.54, 1.807) is 36.7 Å². The predicted molar refractivity (Wildman–Crippen MR) is 93.7 cm³/mol. The molecular weight excluding hydrogens is 328 g/mol. The highest BCUT2D eigenvalue weighted by atomic mass is 35.5. The van der Waals surface area contributed by atoms with Gasteiger partial charge in [-0.1, -0.05) is 23.7 Å². The number of hydrogen-bond donors (Lipinski definition) is 3. The van der Waals surface area contributed by atoms with Crippen LogP contribution in [-0.4, -0.2) is 27.5 Å². The molecule has 0 spiro atoms. The van der Waals surface area contributed by atoms with E-state index in [1.807, 2.05) is 12.1 Å². The number of benzene rings is 2. The summed E-state index contributed by atoms with van der Waals surface area (Å²) in [7, 11) is 0. The van der Waals surface area contributed by atoms with E-state index >= 15 is 0 Å². The summed E-state index contributed by atoms with van der Waals surface area (Å²) in [6.45, 7) is 0. The van der Waals surface area contributed by atoms with Gasteiger partial charge in [-0.2, -0.15) is 10.2 Å². The number of halogens is 1. The van der Waals surface area contributed by atoms with Crippen molar-refractivity contribution in [2.24, 2.45) is 5.10 Å². The molecule has 1 heterocycles. The number of hydrogen-bond acceptors (Lipinski definition) is 4. The molecule has 0 unspecified atom stereocenters. The highest BCUT2D eigenvalue weighted by molar-refractivity contribution is 6.30. The third kappa shape index (κ3) is 3.61. The second-order valence-electron chi connectivity index (χ2n) is 4.96. The van der Waals surface area contributed by atoms with Crippen molar-refractivity contribution < 1.29 is 9.90 Å². The standard InChI is InChI=1S/C17H13ClN4O2/c18-14-5-1-11(2-6-14)16-13(10-20-22-16)9-19-21-15-7-3-12(4-8-15)17(23)24/h1-10,21H,(H,20,22)(H,23,24)/b19-9+. The molecule has 0 atom stereocenters. The molecule has 2 aromatic carbocycles. The van der Waals surface area contributed by atoms with Crippen LogP contribution in [0, 0.1) is 0 Å². The first-order chi connectivity index (χ1) is 11.6. The Labute approximate surface area is 142 Å². The minimum absolute atomic E-state index is 0.226. The highest BCUT2D eigenvalue weighted by Crippen LogP contribution is 2.22. The molecule has 3 N–H and O–H groups in total. The zero-order valence-electron chi connectivity index (χ0n) is 12.4. The third-order valence-corrected chi connectivity index (χ3v) is 3.58. The fourth-order valence-corrected chi connectivity index (χ4v) is 2.23. The fourth-order valence-electron chi connectivity index (χ4n) is 2.10. The zero-order chi connectivity index (χ0) is 16.9. The second-order valence-corrected chi connectivity index (χ2v) is 5.40. The lowest BCUT2D eigenvalue weighted by Crippen LogP contribution is -1.96. The zero-order valence-corrected chi connectivity index (χ0v) is 13.2. The van der Waals surface area contributed by atoms with Crippen molar-refractivity contribution in [1.82, 2.24) is 10.2 Å². The molecule has 0 aliphatic rings. The smallest absolute Gasteiger partial charge is 0.335 e. The monoisotopic (exact) mass is 340 g/mol. The molecule has 0 aliphatic heterocycles. The molecule has 0 aliphatic carbocycles. The molecular formula is C17H13ClN4O2. The number of carboxylic acid groups (broad SMARTS) is 1. The lowest BCUT2D eigenvalue weighted by atomic mass is 10.1. The van der Waals surface area contributed by atoms with E-state index in [0.717, 1.165) is 16.8 Å². The van der Waals surface area contributed by atoms with Crippen molar-refractivity contribution >= 4 is 29.5 Å². The van der Waals surface area contributed by atoms with E-state index in [1.165, 1.54) is 12.1 Å². The van der Waals surface area contributed by atoms with Gasteiger partial charge in [0.05, 0.1) is 29.4 Å². The number of nitrogens with one attached hydrogen (secondary N) is 2. The number of rotatable bonds is 5. The summed E-state index contributed by atoms with van der Waals surface area (Å²) < 4.78 is 0. The molecule has 7 heteroatoms. The van der Waals surface area contributed by atoms with E-state index in [4.69, 9.17) is 16.7 Å². The fraction of sp³-hybridized carbons (Fsp3) is 0. The van der Waals surface area contributed by atoms with Gasteiger partial charge in [0.25, 0.3) is 0 Å². The van der Waals surface area contributed by atoms with E-state index < -0.39 is 5.97 Å². The van der Waals surface area contributed by atoms with Gasteiger partial charge < -0.3 is 5.11 Å². The molecule has 0 saturated carbocycles. The van der Waals surface area contributed by atoms with Crippen molar-refractivity contribution in [2.75, 3.05) is 5.43 Å². The van der Waals surface area contributed by atoms with Crippen molar-refractivity contribution in [3.8, 4) is 11.3 Å². The van der Waals surface area contributed by atoms with Crippen LogP contribution in [0.2, 0.25) is 5.02 Å². The minimum Gasteiger partial charge on any atom is -0.478 e. The predicted octanol–water partition coefficient (Wildman–Crippen LogP) is 3.87. The van der Waals surface area contributed by atoms with Gasteiger partial charge >= 0.3 is 5.97 Å². The second kappa shape index (κ2) is 6.97. The van der Waals surface area contributed by atoms with Gasteiger partial charge in [0.1, 0.15) is 0 Å². The van der Waals surface area contributed by atoms with Gasteiger partial charge in [-0.15, -0.1) is 0 Å². The molecule has 0 radical (unpaired) electrons.